The molecule has 1 aromatic rings. The summed E-state index contributed by atoms with van der Waals surface area (Å²) in [4.78, 5) is 2.37. The van der Waals surface area contributed by atoms with E-state index in [1.54, 1.807) is 0 Å². The normalized spacial score (nSPS) is 19.9. The van der Waals surface area contributed by atoms with Gasteiger partial charge in [0.1, 0.15) is 0 Å². The summed E-state index contributed by atoms with van der Waals surface area (Å²) < 4.78 is 1.11. The number of hydrogen-bond acceptors (Lipinski definition) is 2. The Morgan fingerprint density at radius 1 is 1.44 bits per heavy atom. The number of anilines is 1. The molecule has 1 fully saturated rings. The van der Waals surface area contributed by atoms with Gasteiger partial charge in [0.2, 0.25) is 0 Å². The lowest BCUT2D eigenvalue weighted by Crippen LogP contribution is -2.57. The van der Waals surface area contributed by atoms with Crippen molar-refractivity contribution in [2.75, 3.05) is 24.5 Å². The second kappa shape index (κ2) is 4.55. The minimum Gasteiger partial charge on any atom is -0.367 e. The highest BCUT2D eigenvalue weighted by Crippen LogP contribution is 2.31. The molecule has 2 rings (SSSR count). The average Bonchev–Trinajstić information content (AvgIpc) is 2.20. The fourth-order valence-corrected chi connectivity index (χ4v) is 2.74. The van der Waals surface area contributed by atoms with Gasteiger partial charge in [-0.3, -0.25) is 0 Å². The zero-order valence-corrected chi connectivity index (χ0v) is 11.9. The van der Waals surface area contributed by atoms with Crippen LogP contribution in [0.4, 0.5) is 5.69 Å². The van der Waals surface area contributed by atoms with E-state index >= 15 is 0 Å². The van der Waals surface area contributed by atoms with Crippen molar-refractivity contribution >= 4 is 33.2 Å². The van der Waals surface area contributed by atoms with Crippen LogP contribution >= 0.6 is 27.5 Å². The molecule has 0 bridgehead atoms. The molecule has 4 heteroatoms. The molecule has 1 saturated heterocycles. The zero-order valence-electron chi connectivity index (χ0n) is 9.56. The number of piperazine rings is 1. The molecule has 1 aliphatic rings. The summed E-state index contributed by atoms with van der Waals surface area (Å²) in [5.74, 6) is 0. The molecule has 0 aliphatic carbocycles. The third-order valence-electron chi connectivity index (χ3n) is 2.82. The SMILES string of the molecule is CC1(C)CN(c2cc(Cl)ccc2Br)CCN1. The summed E-state index contributed by atoms with van der Waals surface area (Å²) in [5, 5.41) is 4.29. The van der Waals surface area contributed by atoms with E-state index in [0.717, 1.165) is 29.1 Å². The Labute approximate surface area is 110 Å². The van der Waals surface area contributed by atoms with Crippen LogP contribution < -0.4 is 10.2 Å². The summed E-state index contributed by atoms with van der Waals surface area (Å²) in [5.41, 5.74) is 1.34. The summed E-state index contributed by atoms with van der Waals surface area (Å²) in [6.45, 7) is 7.45. The van der Waals surface area contributed by atoms with Crippen LogP contribution in [0.1, 0.15) is 13.8 Å². The van der Waals surface area contributed by atoms with Crippen LogP contribution in [0.5, 0.6) is 0 Å². The van der Waals surface area contributed by atoms with Gasteiger partial charge in [0.05, 0.1) is 5.69 Å². The quantitative estimate of drug-likeness (QED) is 0.856. The lowest BCUT2D eigenvalue weighted by Gasteiger charge is -2.40. The summed E-state index contributed by atoms with van der Waals surface area (Å²) in [7, 11) is 0. The smallest absolute Gasteiger partial charge is 0.0526 e. The molecule has 2 nitrogen and oxygen atoms in total. The monoisotopic (exact) mass is 302 g/mol. The van der Waals surface area contributed by atoms with Crippen molar-refractivity contribution in [3.8, 4) is 0 Å². The Morgan fingerprint density at radius 2 is 2.19 bits per heavy atom. The summed E-state index contributed by atoms with van der Waals surface area (Å²) in [6.07, 6.45) is 0. The van der Waals surface area contributed by atoms with Gasteiger partial charge in [-0.05, 0) is 48.0 Å². The highest BCUT2D eigenvalue weighted by molar-refractivity contribution is 9.10. The Bertz CT molecular complexity index is 393. The molecule has 16 heavy (non-hydrogen) atoms. The summed E-state index contributed by atoms with van der Waals surface area (Å²) >= 11 is 9.63. The molecule has 0 saturated carbocycles. The molecule has 0 aromatic heterocycles. The van der Waals surface area contributed by atoms with E-state index in [-0.39, 0.29) is 5.54 Å². The molecule has 1 N–H and O–H groups in total. The number of rotatable bonds is 1. The molecule has 0 spiro atoms. The zero-order chi connectivity index (χ0) is 11.8. The number of hydrogen-bond donors (Lipinski definition) is 1. The Hall–Kier alpha value is -0.250. The van der Waals surface area contributed by atoms with Crippen molar-refractivity contribution in [1.82, 2.24) is 5.32 Å². The van der Waals surface area contributed by atoms with E-state index in [2.05, 4.69) is 40.0 Å². The Balaban J connectivity index is 2.26. The number of benzene rings is 1. The van der Waals surface area contributed by atoms with Crippen LogP contribution in [-0.2, 0) is 0 Å². The van der Waals surface area contributed by atoms with Gasteiger partial charge in [-0.25, -0.2) is 0 Å². The summed E-state index contributed by atoms with van der Waals surface area (Å²) in [6, 6.07) is 5.93. The van der Waals surface area contributed by atoms with Crippen molar-refractivity contribution in [3.63, 3.8) is 0 Å². The van der Waals surface area contributed by atoms with E-state index in [4.69, 9.17) is 11.6 Å². The third kappa shape index (κ3) is 2.70. The standard InChI is InChI=1S/C12H16BrClN2/c1-12(2)8-16(6-5-15-12)11-7-9(14)3-4-10(11)13/h3-4,7,15H,5-6,8H2,1-2H3. The van der Waals surface area contributed by atoms with Crippen LogP contribution in [0.15, 0.2) is 22.7 Å². The molecule has 0 atom stereocenters. The van der Waals surface area contributed by atoms with Crippen LogP contribution in [0.2, 0.25) is 5.02 Å². The van der Waals surface area contributed by atoms with Gasteiger partial charge >= 0.3 is 0 Å². The fourth-order valence-electron chi connectivity index (χ4n) is 2.08. The molecular weight excluding hydrogens is 288 g/mol. The van der Waals surface area contributed by atoms with Gasteiger partial charge in [0, 0.05) is 34.7 Å². The molecular formula is C12H16BrClN2. The second-order valence-electron chi connectivity index (χ2n) is 4.83. The van der Waals surface area contributed by atoms with Crippen LogP contribution in [-0.4, -0.2) is 25.2 Å². The van der Waals surface area contributed by atoms with E-state index in [9.17, 15) is 0 Å². The maximum Gasteiger partial charge on any atom is 0.0526 e. The number of nitrogens with one attached hydrogen (secondary N) is 1. The largest absolute Gasteiger partial charge is 0.367 e. The maximum absolute atomic E-state index is 6.04. The second-order valence-corrected chi connectivity index (χ2v) is 6.12. The maximum atomic E-state index is 6.04. The van der Waals surface area contributed by atoms with Crippen molar-refractivity contribution in [2.24, 2.45) is 0 Å². The van der Waals surface area contributed by atoms with Crippen molar-refractivity contribution in [2.45, 2.75) is 19.4 Å². The predicted molar refractivity (Wildman–Crippen MR) is 73.4 cm³/mol. The fraction of sp³-hybridized carbons (Fsp3) is 0.500. The lowest BCUT2D eigenvalue weighted by atomic mass is 10.0. The van der Waals surface area contributed by atoms with E-state index in [0.29, 0.717) is 0 Å². The molecule has 1 heterocycles. The lowest BCUT2D eigenvalue weighted by molar-refractivity contribution is 0.353. The highest BCUT2D eigenvalue weighted by Gasteiger charge is 2.26. The molecule has 0 unspecified atom stereocenters. The molecule has 1 aliphatic heterocycles. The Kier molecular flexibility index (Phi) is 3.48. The Morgan fingerprint density at radius 3 is 2.88 bits per heavy atom. The van der Waals surface area contributed by atoms with Crippen LogP contribution in [0.25, 0.3) is 0 Å². The number of halogens is 2. The van der Waals surface area contributed by atoms with Crippen molar-refractivity contribution in [1.29, 1.82) is 0 Å². The van der Waals surface area contributed by atoms with Crippen LogP contribution in [0, 0.1) is 0 Å². The molecule has 0 radical (unpaired) electrons. The van der Waals surface area contributed by atoms with Crippen molar-refractivity contribution in [3.05, 3.63) is 27.7 Å². The average molecular weight is 304 g/mol. The van der Waals surface area contributed by atoms with Crippen molar-refractivity contribution < 1.29 is 0 Å². The first-order valence-corrected chi connectivity index (χ1v) is 6.60. The third-order valence-corrected chi connectivity index (χ3v) is 3.73. The minimum atomic E-state index is 0.153. The topological polar surface area (TPSA) is 15.3 Å². The van der Waals surface area contributed by atoms with Gasteiger partial charge in [-0.2, -0.15) is 0 Å². The van der Waals surface area contributed by atoms with Gasteiger partial charge in [-0.15, -0.1) is 0 Å². The molecule has 1 aromatic carbocycles. The number of nitrogens with zero attached hydrogens (tertiary/aromatic N) is 1. The molecule has 0 amide bonds. The van der Waals surface area contributed by atoms with Gasteiger partial charge in [0.15, 0.2) is 0 Å². The first kappa shape index (κ1) is 12.2. The van der Waals surface area contributed by atoms with Gasteiger partial charge < -0.3 is 10.2 Å². The predicted octanol–water partition coefficient (Wildman–Crippen LogP) is 3.29. The minimum absolute atomic E-state index is 0.153. The van der Waals surface area contributed by atoms with E-state index < -0.39 is 0 Å². The van der Waals surface area contributed by atoms with Crippen LogP contribution in [0.3, 0.4) is 0 Å². The van der Waals surface area contributed by atoms with E-state index in [1.165, 1.54) is 5.69 Å². The highest BCUT2D eigenvalue weighted by atomic mass is 79.9. The van der Waals surface area contributed by atoms with Gasteiger partial charge in [0.25, 0.3) is 0 Å². The first-order valence-electron chi connectivity index (χ1n) is 5.43. The van der Waals surface area contributed by atoms with E-state index in [1.807, 2.05) is 18.2 Å². The first-order chi connectivity index (χ1) is 7.48. The van der Waals surface area contributed by atoms with Gasteiger partial charge in [-0.1, -0.05) is 11.6 Å². The molecule has 88 valence electrons.